The monoisotopic (exact) mass is 477 g/mol. The van der Waals surface area contributed by atoms with Crippen LogP contribution in [0.3, 0.4) is 0 Å². The van der Waals surface area contributed by atoms with Crippen LogP contribution in [0.2, 0.25) is 0 Å². The van der Waals surface area contributed by atoms with E-state index in [4.69, 9.17) is 8.83 Å². The third-order valence-corrected chi connectivity index (χ3v) is 7.71. The minimum absolute atomic E-state index is 0.177. The van der Waals surface area contributed by atoms with Crippen LogP contribution in [-0.4, -0.2) is 26.1 Å². The lowest BCUT2D eigenvalue weighted by molar-refractivity contribution is -0.120. The van der Waals surface area contributed by atoms with Gasteiger partial charge in [-0.15, -0.1) is 0 Å². The summed E-state index contributed by atoms with van der Waals surface area (Å²) in [5.41, 5.74) is 4.10. The first kappa shape index (κ1) is 22.2. The zero-order valence-corrected chi connectivity index (χ0v) is 19.8. The van der Waals surface area contributed by atoms with Crippen molar-refractivity contribution in [1.82, 2.24) is 5.32 Å². The number of hydrogen-bond acceptors (Lipinski definition) is 6. The van der Waals surface area contributed by atoms with Crippen LogP contribution in [0.25, 0.3) is 33.1 Å². The summed E-state index contributed by atoms with van der Waals surface area (Å²) in [7, 11) is -3.29. The SMILES string of the molecule is Cc1oc2c(C)c3oc(=O)c(CC(=O)NC4C=CS(=O)(=O)C4)c(C)c3cc2c1-c1ccccc1. The second kappa shape index (κ2) is 7.99. The van der Waals surface area contributed by atoms with Gasteiger partial charge in [-0.2, -0.15) is 0 Å². The fourth-order valence-corrected chi connectivity index (χ4v) is 5.86. The number of fused-ring (bicyclic) bond motifs is 2. The summed E-state index contributed by atoms with van der Waals surface area (Å²) in [5.74, 6) is 0.144. The summed E-state index contributed by atoms with van der Waals surface area (Å²) in [6.07, 6.45) is 1.23. The highest BCUT2D eigenvalue weighted by Gasteiger charge is 2.25. The molecule has 3 heterocycles. The Morgan fingerprint density at radius 3 is 2.41 bits per heavy atom. The number of rotatable bonds is 4. The Bertz CT molecular complexity index is 1660. The van der Waals surface area contributed by atoms with E-state index in [1.807, 2.05) is 50.2 Å². The average molecular weight is 478 g/mol. The smallest absolute Gasteiger partial charge is 0.340 e. The van der Waals surface area contributed by atoms with Crippen molar-refractivity contribution in [2.45, 2.75) is 33.2 Å². The Morgan fingerprint density at radius 2 is 1.74 bits per heavy atom. The van der Waals surface area contributed by atoms with E-state index in [2.05, 4.69) is 5.32 Å². The molecule has 5 rings (SSSR count). The van der Waals surface area contributed by atoms with Crippen molar-refractivity contribution in [3.63, 3.8) is 0 Å². The molecular weight excluding hydrogens is 454 g/mol. The van der Waals surface area contributed by atoms with Gasteiger partial charge in [-0.05, 0) is 44.0 Å². The van der Waals surface area contributed by atoms with Crippen LogP contribution >= 0.6 is 0 Å². The lowest BCUT2D eigenvalue weighted by Gasteiger charge is -2.12. The molecule has 8 heteroatoms. The second-order valence-corrected chi connectivity index (χ2v) is 10.6. The van der Waals surface area contributed by atoms with Crippen LogP contribution in [0.5, 0.6) is 0 Å². The first-order valence-corrected chi connectivity index (χ1v) is 12.6. The predicted octanol–water partition coefficient (Wildman–Crippen LogP) is 4.10. The van der Waals surface area contributed by atoms with Crippen molar-refractivity contribution in [2.24, 2.45) is 0 Å². The number of benzene rings is 2. The Kier molecular flexibility index (Phi) is 5.20. The van der Waals surface area contributed by atoms with Gasteiger partial charge in [-0.3, -0.25) is 4.79 Å². The minimum atomic E-state index is -3.29. The van der Waals surface area contributed by atoms with Gasteiger partial charge in [0.25, 0.3) is 0 Å². The summed E-state index contributed by atoms with van der Waals surface area (Å²) in [5, 5.41) is 5.39. The van der Waals surface area contributed by atoms with E-state index in [0.29, 0.717) is 16.7 Å². The maximum atomic E-state index is 12.8. The summed E-state index contributed by atoms with van der Waals surface area (Å²) >= 11 is 0. The lowest BCUT2D eigenvalue weighted by Crippen LogP contribution is -2.37. The first-order valence-electron chi connectivity index (χ1n) is 10.9. The van der Waals surface area contributed by atoms with Crippen LogP contribution < -0.4 is 10.9 Å². The molecule has 1 amide bonds. The van der Waals surface area contributed by atoms with E-state index in [9.17, 15) is 18.0 Å². The molecule has 2 aromatic carbocycles. The number of amides is 1. The van der Waals surface area contributed by atoms with Gasteiger partial charge in [0.2, 0.25) is 5.91 Å². The average Bonchev–Trinajstić information content (AvgIpc) is 3.30. The molecule has 2 aromatic heterocycles. The molecular formula is C26H23NO6S. The molecule has 4 aromatic rings. The molecule has 174 valence electrons. The highest BCUT2D eigenvalue weighted by Crippen LogP contribution is 2.39. The second-order valence-electron chi connectivity index (χ2n) is 8.66. The zero-order chi connectivity index (χ0) is 24.2. The van der Waals surface area contributed by atoms with Crippen molar-refractivity contribution in [3.8, 4) is 11.1 Å². The Balaban J connectivity index is 1.60. The fourth-order valence-electron chi connectivity index (χ4n) is 4.63. The summed E-state index contributed by atoms with van der Waals surface area (Å²) in [6.45, 7) is 5.55. The quantitative estimate of drug-likeness (QED) is 0.444. The third kappa shape index (κ3) is 3.74. The Morgan fingerprint density at radius 1 is 1.03 bits per heavy atom. The van der Waals surface area contributed by atoms with Crippen LogP contribution in [0.15, 0.2) is 61.5 Å². The summed E-state index contributed by atoms with van der Waals surface area (Å²) in [4.78, 5) is 25.4. The molecule has 1 aliphatic heterocycles. The third-order valence-electron chi connectivity index (χ3n) is 6.31. The summed E-state index contributed by atoms with van der Waals surface area (Å²) in [6, 6.07) is 11.3. The number of sulfone groups is 1. The molecule has 0 saturated heterocycles. The fraction of sp³-hybridized carbons (Fsp3) is 0.231. The number of furan rings is 1. The number of carbonyl (C=O) groups is 1. The predicted molar refractivity (Wildman–Crippen MR) is 130 cm³/mol. The topological polar surface area (TPSA) is 107 Å². The molecule has 1 aliphatic rings. The van der Waals surface area contributed by atoms with E-state index in [0.717, 1.165) is 38.6 Å². The molecule has 7 nitrogen and oxygen atoms in total. The summed E-state index contributed by atoms with van der Waals surface area (Å²) < 4.78 is 34.9. The van der Waals surface area contributed by atoms with Crippen molar-refractivity contribution >= 4 is 37.7 Å². The molecule has 0 spiro atoms. The van der Waals surface area contributed by atoms with Crippen LogP contribution in [0.4, 0.5) is 0 Å². The van der Waals surface area contributed by atoms with E-state index in [-0.39, 0.29) is 17.7 Å². The van der Waals surface area contributed by atoms with E-state index >= 15 is 0 Å². The van der Waals surface area contributed by atoms with E-state index in [1.165, 1.54) is 6.08 Å². The number of nitrogens with one attached hydrogen (secondary N) is 1. The van der Waals surface area contributed by atoms with Gasteiger partial charge in [0.1, 0.15) is 16.9 Å². The van der Waals surface area contributed by atoms with Gasteiger partial charge in [-0.1, -0.05) is 30.3 Å². The Labute approximate surface area is 196 Å². The van der Waals surface area contributed by atoms with Crippen molar-refractivity contribution in [3.05, 3.63) is 80.8 Å². The highest BCUT2D eigenvalue weighted by molar-refractivity contribution is 7.94. The van der Waals surface area contributed by atoms with Crippen molar-refractivity contribution in [2.75, 3.05) is 5.75 Å². The van der Waals surface area contributed by atoms with Crippen LogP contribution in [-0.2, 0) is 21.1 Å². The van der Waals surface area contributed by atoms with Crippen molar-refractivity contribution < 1.29 is 22.0 Å². The lowest BCUT2D eigenvalue weighted by atomic mass is 9.96. The first-order chi connectivity index (χ1) is 16.1. The van der Waals surface area contributed by atoms with Crippen LogP contribution in [0.1, 0.15) is 22.5 Å². The largest absolute Gasteiger partial charge is 0.460 e. The van der Waals surface area contributed by atoms with E-state index < -0.39 is 27.4 Å². The minimum Gasteiger partial charge on any atom is -0.460 e. The normalized spacial score (nSPS) is 17.0. The molecule has 0 saturated carbocycles. The molecule has 1 unspecified atom stereocenters. The molecule has 0 fully saturated rings. The molecule has 1 atom stereocenters. The number of carbonyl (C=O) groups excluding carboxylic acids is 1. The van der Waals surface area contributed by atoms with Crippen molar-refractivity contribution in [1.29, 1.82) is 0 Å². The Hall–Kier alpha value is -3.65. The number of hydrogen-bond donors (Lipinski definition) is 1. The molecule has 0 aliphatic carbocycles. The van der Waals surface area contributed by atoms with Crippen LogP contribution in [0, 0.1) is 20.8 Å². The molecule has 0 bridgehead atoms. The number of aryl methyl sites for hydroxylation is 3. The van der Waals surface area contributed by atoms with Gasteiger partial charge >= 0.3 is 5.63 Å². The van der Waals surface area contributed by atoms with Gasteiger partial charge in [0, 0.05) is 27.3 Å². The maximum Gasteiger partial charge on any atom is 0.340 e. The van der Waals surface area contributed by atoms with Gasteiger partial charge in [-0.25, -0.2) is 13.2 Å². The van der Waals surface area contributed by atoms with Gasteiger partial charge < -0.3 is 14.2 Å². The van der Waals surface area contributed by atoms with E-state index in [1.54, 1.807) is 6.92 Å². The zero-order valence-electron chi connectivity index (χ0n) is 19.0. The molecule has 34 heavy (non-hydrogen) atoms. The molecule has 0 radical (unpaired) electrons. The van der Waals surface area contributed by atoms with Gasteiger partial charge in [0.05, 0.1) is 23.8 Å². The van der Waals surface area contributed by atoms with Gasteiger partial charge in [0.15, 0.2) is 9.84 Å². The highest BCUT2D eigenvalue weighted by atomic mass is 32.2. The standard InChI is InChI=1S/C26H23NO6S/c1-14-19-11-21-23(17-7-5-4-6-8-17)16(3)32-25(21)15(2)24(19)33-26(29)20(14)12-22(28)27-18-9-10-34(30,31)13-18/h4-11,18H,12-13H2,1-3H3,(H,27,28). The maximum absolute atomic E-state index is 12.8. The molecule has 1 N–H and O–H groups in total.